The molecule has 1 rings (SSSR count). The molecule has 0 aliphatic rings. The molecular weight excluding hydrogens is 313 g/mol. The van der Waals surface area contributed by atoms with Gasteiger partial charge in [-0.25, -0.2) is 0 Å². The number of phenols is 1. The summed E-state index contributed by atoms with van der Waals surface area (Å²) >= 11 is 0. The maximum Gasteiger partial charge on any atom is 0.120 e. The lowest BCUT2D eigenvalue weighted by Crippen LogP contribution is -2.10. The van der Waals surface area contributed by atoms with Crippen molar-refractivity contribution in [3.63, 3.8) is 0 Å². The van der Waals surface area contributed by atoms with E-state index in [1.165, 1.54) is 38.5 Å². The van der Waals surface area contributed by atoms with Crippen molar-refractivity contribution in [1.29, 1.82) is 0 Å². The van der Waals surface area contributed by atoms with Gasteiger partial charge in [-0.2, -0.15) is 0 Å². The van der Waals surface area contributed by atoms with Crippen LogP contribution in [0.1, 0.15) is 64.9 Å². The smallest absolute Gasteiger partial charge is 0.120 e. The van der Waals surface area contributed by atoms with Crippen LogP contribution in [0.2, 0.25) is 0 Å². The van der Waals surface area contributed by atoms with Gasteiger partial charge in [0.25, 0.3) is 0 Å². The Hall–Kier alpha value is -0.590. The maximum absolute atomic E-state index is 9.33. The van der Waals surface area contributed by atoms with Crippen LogP contribution in [0.3, 0.4) is 0 Å². The van der Waals surface area contributed by atoms with Gasteiger partial charge in [-0.3, -0.25) is 0 Å². The summed E-state index contributed by atoms with van der Waals surface area (Å²) in [5.41, 5.74) is 0.970. The fourth-order valence-corrected chi connectivity index (χ4v) is 5.43. The van der Waals surface area contributed by atoms with E-state index < -0.39 is 0 Å². The summed E-state index contributed by atoms with van der Waals surface area (Å²) in [5.74, 6) is 0.376. The standard InChI is InChI=1S/C12H27P.C9H13NO/c1-4-7-10-13(11-8-5-2)12-9-6-3;1-10(2)7-8-5-3-4-6-9(8)11/h4-12H2,1-3H3;3-6,11H,7H2,1-2H3. The quantitative estimate of drug-likeness (QED) is 0.470. The molecule has 0 heterocycles. The highest BCUT2D eigenvalue weighted by Crippen LogP contribution is 2.38. The van der Waals surface area contributed by atoms with E-state index in [9.17, 15) is 5.11 Å². The van der Waals surface area contributed by atoms with Crippen LogP contribution in [0.4, 0.5) is 0 Å². The summed E-state index contributed by atoms with van der Waals surface area (Å²) in [4.78, 5) is 2.02. The van der Waals surface area contributed by atoms with E-state index in [1.54, 1.807) is 24.6 Å². The lowest BCUT2D eigenvalue weighted by molar-refractivity contribution is 0.386. The first-order chi connectivity index (χ1) is 11.5. The van der Waals surface area contributed by atoms with Crippen molar-refractivity contribution in [2.75, 3.05) is 32.6 Å². The monoisotopic (exact) mass is 353 g/mol. The zero-order valence-corrected chi connectivity index (χ0v) is 17.6. The molecule has 3 heteroatoms. The minimum atomic E-state index is 0.376. The van der Waals surface area contributed by atoms with E-state index >= 15 is 0 Å². The van der Waals surface area contributed by atoms with Gasteiger partial charge in [0.2, 0.25) is 0 Å². The first-order valence-electron chi connectivity index (χ1n) is 9.69. The number of para-hydroxylation sites is 1. The minimum absolute atomic E-state index is 0.376. The molecule has 0 saturated heterocycles. The molecule has 1 aromatic rings. The third-order valence-corrected chi connectivity index (χ3v) is 6.81. The predicted octanol–water partition coefficient (Wildman–Crippen LogP) is 6.32. The molecule has 0 aromatic heterocycles. The van der Waals surface area contributed by atoms with Crippen molar-refractivity contribution in [1.82, 2.24) is 4.90 Å². The van der Waals surface area contributed by atoms with Crippen LogP contribution in [-0.4, -0.2) is 42.6 Å². The number of rotatable bonds is 11. The Morgan fingerprint density at radius 2 is 1.29 bits per heavy atom. The van der Waals surface area contributed by atoms with Gasteiger partial charge < -0.3 is 10.0 Å². The van der Waals surface area contributed by atoms with E-state index in [1.807, 2.05) is 37.2 Å². The highest BCUT2D eigenvalue weighted by molar-refractivity contribution is 7.57. The third kappa shape index (κ3) is 12.8. The third-order valence-electron chi connectivity index (χ3n) is 3.96. The van der Waals surface area contributed by atoms with Crippen molar-refractivity contribution in [3.05, 3.63) is 29.8 Å². The summed E-state index contributed by atoms with van der Waals surface area (Å²) in [6.07, 6.45) is 13.2. The van der Waals surface area contributed by atoms with Crippen LogP contribution in [0, 0.1) is 0 Å². The molecule has 0 unspecified atom stereocenters. The molecule has 0 aliphatic carbocycles. The van der Waals surface area contributed by atoms with Crippen LogP contribution >= 0.6 is 7.92 Å². The highest BCUT2D eigenvalue weighted by Gasteiger charge is 2.05. The number of hydrogen-bond acceptors (Lipinski definition) is 2. The van der Waals surface area contributed by atoms with Gasteiger partial charge in [-0.05, 0) is 57.9 Å². The Kier molecular flexibility index (Phi) is 15.5. The molecule has 0 saturated carbocycles. The number of aromatic hydroxyl groups is 1. The molecule has 1 N–H and O–H groups in total. The number of hydrogen-bond donors (Lipinski definition) is 1. The van der Waals surface area contributed by atoms with Gasteiger partial charge in [0.15, 0.2) is 0 Å². The molecule has 24 heavy (non-hydrogen) atoms. The van der Waals surface area contributed by atoms with Crippen LogP contribution in [0.15, 0.2) is 24.3 Å². The Balaban J connectivity index is 0.000000446. The fourth-order valence-electron chi connectivity index (χ4n) is 2.47. The summed E-state index contributed by atoms with van der Waals surface area (Å²) in [7, 11) is 4.38. The summed E-state index contributed by atoms with van der Waals surface area (Å²) < 4.78 is 0. The lowest BCUT2D eigenvalue weighted by atomic mass is 10.2. The maximum atomic E-state index is 9.33. The number of unbranched alkanes of at least 4 members (excludes halogenated alkanes) is 3. The number of benzene rings is 1. The molecule has 0 amide bonds. The van der Waals surface area contributed by atoms with E-state index in [0.29, 0.717) is 13.7 Å². The van der Waals surface area contributed by atoms with Gasteiger partial charge >= 0.3 is 0 Å². The SMILES string of the molecule is CCCCP(CCCC)CCCC.CN(C)Cc1ccccc1O. The van der Waals surface area contributed by atoms with Crippen molar-refractivity contribution in [2.24, 2.45) is 0 Å². The molecule has 0 fully saturated rings. The normalized spacial score (nSPS) is 10.8. The van der Waals surface area contributed by atoms with Crippen molar-refractivity contribution < 1.29 is 5.11 Å². The molecule has 0 radical (unpaired) electrons. The van der Waals surface area contributed by atoms with Crippen molar-refractivity contribution in [3.8, 4) is 5.75 Å². The zero-order chi connectivity index (χ0) is 18.2. The zero-order valence-electron chi connectivity index (χ0n) is 16.7. The molecule has 0 atom stereocenters. The summed E-state index contributed by atoms with van der Waals surface area (Å²) in [5, 5.41) is 9.33. The highest BCUT2D eigenvalue weighted by atomic mass is 31.1. The van der Waals surface area contributed by atoms with Crippen LogP contribution < -0.4 is 0 Å². The number of phenolic OH excluding ortho intramolecular Hbond substituents is 1. The second kappa shape index (κ2) is 15.9. The Morgan fingerprint density at radius 3 is 1.67 bits per heavy atom. The molecule has 140 valence electrons. The van der Waals surface area contributed by atoms with E-state index in [-0.39, 0.29) is 0 Å². The van der Waals surface area contributed by atoms with E-state index in [2.05, 4.69) is 20.8 Å². The molecule has 0 aliphatic heterocycles. The Bertz CT molecular complexity index is 376. The average molecular weight is 354 g/mol. The summed E-state index contributed by atoms with van der Waals surface area (Å²) in [6.45, 7) is 7.72. The fraction of sp³-hybridized carbons (Fsp3) is 0.714. The topological polar surface area (TPSA) is 23.5 Å². The molecular formula is C21H40NOP. The Labute approximate surface area is 152 Å². The van der Waals surface area contributed by atoms with Crippen LogP contribution in [-0.2, 0) is 6.54 Å². The van der Waals surface area contributed by atoms with Crippen LogP contribution in [0.25, 0.3) is 0 Å². The average Bonchev–Trinajstić information content (AvgIpc) is 2.56. The van der Waals surface area contributed by atoms with Crippen molar-refractivity contribution >= 4 is 7.92 Å². The number of nitrogens with zero attached hydrogens (tertiary/aromatic N) is 1. The largest absolute Gasteiger partial charge is 0.508 e. The van der Waals surface area contributed by atoms with Gasteiger partial charge in [0, 0.05) is 12.1 Å². The second-order valence-electron chi connectivity index (χ2n) is 6.77. The first-order valence-corrected chi connectivity index (χ1v) is 11.6. The van der Waals surface area contributed by atoms with E-state index in [4.69, 9.17) is 0 Å². The van der Waals surface area contributed by atoms with Gasteiger partial charge in [-0.1, -0.05) is 58.2 Å². The lowest BCUT2D eigenvalue weighted by Gasteiger charge is -2.16. The van der Waals surface area contributed by atoms with Gasteiger partial charge in [0.05, 0.1) is 0 Å². The first kappa shape index (κ1) is 23.4. The second-order valence-corrected chi connectivity index (χ2v) is 9.45. The molecule has 0 bridgehead atoms. The van der Waals surface area contributed by atoms with Gasteiger partial charge in [0.1, 0.15) is 5.75 Å². The molecule has 1 aromatic carbocycles. The minimum Gasteiger partial charge on any atom is -0.508 e. The Morgan fingerprint density at radius 1 is 0.833 bits per heavy atom. The molecule has 2 nitrogen and oxygen atoms in total. The predicted molar refractivity (Wildman–Crippen MR) is 112 cm³/mol. The van der Waals surface area contributed by atoms with E-state index in [0.717, 1.165) is 12.1 Å². The van der Waals surface area contributed by atoms with Gasteiger partial charge in [-0.15, -0.1) is 7.92 Å². The summed E-state index contributed by atoms with van der Waals surface area (Å²) in [6, 6.07) is 7.39. The molecule has 0 spiro atoms. The van der Waals surface area contributed by atoms with Crippen LogP contribution in [0.5, 0.6) is 5.75 Å². The van der Waals surface area contributed by atoms with Crippen molar-refractivity contribution in [2.45, 2.75) is 65.8 Å².